The quantitative estimate of drug-likeness (QED) is 0.820. The van der Waals surface area contributed by atoms with Crippen molar-refractivity contribution in [3.05, 3.63) is 30.3 Å². The Bertz CT molecular complexity index is 685. The van der Waals surface area contributed by atoms with Gasteiger partial charge >= 0.3 is 5.97 Å². The van der Waals surface area contributed by atoms with E-state index in [0.29, 0.717) is 18.7 Å². The fourth-order valence-corrected chi connectivity index (χ4v) is 2.40. The number of hydrogen-bond donors (Lipinski definition) is 1. The number of nitrogens with one attached hydrogen (secondary N) is 1. The second kappa shape index (κ2) is 5.92. The van der Waals surface area contributed by atoms with E-state index < -0.39 is 18.1 Å². The summed E-state index contributed by atoms with van der Waals surface area (Å²) in [6, 6.07) is 8.23. The fourth-order valence-electron chi connectivity index (χ4n) is 2.40. The lowest BCUT2D eigenvalue weighted by Crippen LogP contribution is -2.49. The Kier molecular flexibility index (Phi) is 3.82. The van der Waals surface area contributed by atoms with Gasteiger partial charge in [-0.1, -0.05) is 30.3 Å². The summed E-state index contributed by atoms with van der Waals surface area (Å²) in [5, 5.41) is 14.8. The molecule has 0 radical (unpaired) electrons. The first-order valence-electron chi connectivity index (χ1n) is 6.92. The highest BCUT2D eigenvalue weighted by Gasteiger charge is 2.34. The second-order valence-corrected chi connectivity index (χ2v) is 4.98. The molecule has 1 amide bonds. The summed E-state index contributed by atoms with van der Waals surface area (Å²) in [5.41, 5.74) is 0.831. The van der Waals surface area contributed by atoms with E-state index in [1.807, 2.05) is 30.3 Å². The van der Waals surface area contributed by atoms with Crippen LogP contribution in [-0.2, 0) is 14.3 Å². The van der Waals surface area contributed by atoms with Crippen LogP contribution in [0.4, 0.5) is 0 Å². The Hall–Kier alpha value is -2.77. The molecule has 0 spiro atoms. The van der Waals surface area contributed by atoms with Crippen molar-refractivity contribution >= 4 is 11.9 Å². The summed E-state index contributed by atoms with van der Waals surface area (Å²) >= 11 is 0. The van der Waals surface area contributed by atoms with Crippen LogP contribution in [0.25, 0.3) is 11.4 Å². The third-order valence-electron chi connectivity index (χ3n) is 3.57. The molecule has 8 nitrogen and oxygen atoms in total. The highest BCUT2D eigenvalue weighted by atomic mass is 16.5. The van der Waals surface area contributed by atoms with Gasteiger partial charge in [0.05, 0.1) is 7.11 Å². The monoisotopic (exact) mass is 301 g/mol. The number of benzene rings is 1. The first-order chi connectivity index (χ1) is 10.7. The molecular weight excluding hydrogens is 286 g/mol. The summed E-state index contributed by atoms with van der Waals surface area (Å²) in [5.74, 6) is -0.287. The number of tetrazole rings is 1. The van der Waals surface area contributed by atoms with Crippen molar-refractivity contribution in [3.63, 3.8) is 0 Å². The van der Waals surface area contributed by atoms with Gasteiger partial charge in [0.15, 0.2) is 6.04 Å². The lowest BCUT2D eigenvalue weighted by Gasteiger charge is -2.26. The maximum Gasteiger partial charge on any atom is 0.328 e. The molecule has 114 valence electrons. The molecular formula is C14H15N5O3. The second-order valence-electron chi connectivity index (χ2n) is 4.98. The molecule has 8 heteroatoms. The SMILES string of the molecule is COC(=O)C1CCC(n2nnc(-c3ccccc3)n2)C(=O)N1. The third-order valence-corrected chi connectivity index (χ3v) is 3.57. The third kappa shape index (κ3) is 2.67. The number of hydrogen-bond acceptors (Lipinski definition) is 6. The molecule has 2 heterocycles. The lowest BCUT2D eigenvalue weighted by molar-refractivity contribution is -0.147. The molecule has 1 aromatic heterocycles. The Morgan fingerprint density at radius 3 is 2.77 bits per heavy atom. The highest BCUT2D eigenvalue weighted by Crippen LogP contribution is 2.21. The molecule has 1 N–H and O–H groups in total. The molecule has 1 fully saturated rings. The van der Waals surface area contributed by atoms with Gasteiger partial charge in [-0.05, 0) is 18.1 Å². The number of carbonyl (C=O) groups excluding carboxylic acids is 2. The standard InChI is InChI=1S/C14H15N5O3/c1-22-14(21)10-7-8-11(13(20)15-10)19-17-12(16-18-19)9-5-3-2-4-6-9/h2-6,10-11H,7-8H2,1H3,(H,15,20). The Labute approximate surface area is 126 Å². The minimum atomic E-state index is -0.606. The average molecular weight is 301 g/mol. The minimum absolute atomic E-state index is 0.307. The highest BCUT2D eigenvalue weighted by molar-refractivity contribution is 5.87. The molecule has 0 saturated carbocycles. The van der Waals surface area contributed by atoms with Crippen molar-refractivity contribution in [2.75, 3.05) is 7.11 Å². The van der Waals surface area contributed by atoms with Gasteiger partial charge in [0, 0.05) is 5.56 Å². The summed E-state index contributed by atoms with van der Waals surface area (Å²) in [4.78, 5) is 24.9. The molecule has 2 aromatic rings. The van der Waals surface area contributed by atoms with Gasteiger partial charge in [0.1, 0.15) is 6.04 Å². The summed E-state index contributed by atoms with van der Waals surface area (Å²) in [6.45, 7) is 0. The van der Waals surface area contributed by atoms with E-state index in [4.69, 9.17) is 0 Å². The Balaban J connectivity index is 1.75. The van der Waals surface area contributed by atoms with Crippen molar-refractivity contribution in [1.82, 2.24) is 25.5 Å². The zero-order chi connectivity index (χ0) is 15.5. The molecule has 0 aliphatic carbocycles. The van der Waals surface area contributed by atoms with Gasteiger partial charge in [-0.15, -0.1) is 10.2 Å². The molecule has 0 bridgehead atoms. The Morgan fingerprint density at radius 2 is 2.09 bits per heavy atom. The van der Waals surface area contributed by atoms with Gasteiger partial charge in [0.25, 0.3) is 0 Å². The largest absolute Gasteiger partial charge is 0.467 e. The lowest BCUT2D eigenvalue weighted by atomic mass is 10.0. The molecule has 1 aromatic carbocycles. The normalized spacial score (nSPS) is 21.2. The van der Waals surface area contributed by atoms with Gasteiger partial charge in [-0.2, -0.15) is 4.80 Å². The van der Waals surface area contributed by atoms with Crippen LogP contribution in [0.2, 0.25) is 0 Å². The molecule has 3 rings (SSSR count). The smallest absolute Gasteiger partial charge is 0.328 e. The zero-order valence-electron chi connectivity index (χ0n) is 12.0. The maximum absolute atomic E-state index is 12.1. The van der Waals surface area contributed by atoms with E-state index in [9.17, 15) is 9.59 Å². The van der Waals surface area contributed by atoms with E-state index in [-0.39, 0.29) is 5.91 Å². The molecule has 2 unspecified atom stereocenters. The number of ether oxygens (including phenoxy) is 1. The van der Waals surface area contributed by atoms with Crippen molar-refractivity contribution in [2.24, 2.45) is 0 Å². The number of methoxy groups -OCH3 is 1. The molecule has 2 atom stereocenters. The van der Waals surface area contributed by atoms with Gasteiger partial charge in [0.2, 0.25) is 11.7 Å². The van der Waals surface area contributed by atoms with Crippen LogP contribution in [0.5, 0.6) is 0 Å². The molecule has 1 aliphatic heterocycles. The number of esters is 1. The minimum Gasteiger partial charge on any atom is -0.467 e. The summed E-state index contributed by atoms with van der Waals surface area (Å²) in [6.07, 6.45) is 0.932. The number of carbonyl (C=O) groups is 2. The van der Waals surface area contributed by atoms with Crippen LogP contribution in [-0.4, -0.2) is 45.2 Å². The van der Waals surface area contributed by atoms with Gasteiger partial charge in [-0.25, -0.2) is 4.79 Å². The number of aromatic nitrogens is 4. The molecule has 1 saturated heterocycles. The van der Waals surface area contributed by atoms with E-state index in [2.05, 4.69) is 25.5 Å². The number of piperidine rings is 1. The van der Waals surface area contributed by atoms with E-state index in [0.717, 1.165) is 5.56 Å². The molecule has 22 heavy (non-hydrogen) atoms. The number of rotatable bonds is 3. The van der Waals surface area contributed by atoms with Crippen LogP contribution in [0.3, 0.4) is 0 Å². The first-order valence-corrected chi connectivity index (χ1v) is 6.92. The topological polar surface area (TPSA) is 99.0 Å². The van der Waals surface area contributed by atoms with Gasteiger partial charge < -0.3 is 10.1 Å². The van der Waals surface area contributed by atoms with E-state index in [1.165, 1.54) is 11.9 Å². The van der Waals surface area contributed by atoms with Gasteiger partial charge in [-0.3, -0.25) is 4.79 Å². The van der Waals surface area contributed by atoms with Crippen molar-refractivity contribution in [3.8, 4) is 11.4 Å². The van der Waals surface area contributed by atoms with Crippen molar-refractivity contribution in [2.45, 2.75) is 24.9 Å². The van der Waals surface area contributed by atoms with E-state index >= 15 is 0 Å². The van der Waals surface area contributed by atoms with Crippen LogP contribution in [0, 0.1) is 0 Å². The van der Waals surface area contributed by atoms with Crippen molar-refractivity contribution < 1.29 is 14.3 Å². The maximum atomic E-state index is 12.1. The number of nitrogens with zero attached hydrogens (tertiary/aromatic N) is 4. The summed E-state index contributed by atoms with van der Waals surface area (Å²) < 4.78 is 4.64. The predicted octanol–water partition coefficient (Wildman–Crippen LogP) is 0.333. The van der Waals surface area contributed by atoms with Crippen LogP contribution < -0.4 is 5.32 Å². The predicted molar refractivity (Wildman–Crippen MR) is 75.5 cm³/mol. The number of amides is 1. The molecule has 1 aliphatic rings. The van der Waals surface area contributed by atoms with E-state index in [1.54, 1.807) is 0 Å². The van der Waals surface area contributed by atoms with Crippen LogP contribution >= 0.6 is 0 Å². The summed E-state index contributed by atoms with van der Waals surface area (Å²) in [7, 11) is 1.30. The van der Waals surface area contributed by atoms with Crippen LogP contribution in [0.15, 0.2) is 30.3 Å². The van der Waals surface area contributed by atoms with Crippen molar-refractivity contribution in [1.29, 1.82) is 0 Å². The Morgan fingerprint density at radius 1 is 1.32 bits per heavy atom. The first kappa shape index (κ1) is 14.2. The average Bonchev–Trinajstić information content (AvgIpc) is 3.04. The van der Waals surface area contributed by atoms with Crippen LogP contribution in [0.1, 0.15) is 18.9 Å². The fraction of sp³-hybridized carbons (Fsp3) is 0.357. The zero-order valence-corrected chi connectivity index (χ0v) is 12.0.